The van der Waals surface area contributed by atoms with Gasteiger partial charge >= 0.3 is 0 Å². The van der Waals surface area contributed by atoms with E-state index in [-0.39, 0.29) is 8.15 Å². The van der Waals surface area contributed by atoms with E-state index >= 15 is 0 Å². The fourth-order valence-corrected chi connectivity index (χ4v) is 22.4. The first-order chi connectivity index (χ1) is 6.17. The Bertz CT molecular complexity index is 236. The maximum absolute atomic E-state index is 6.06. The molecule has 4 heteroatoms. The third kappa shape index (κ3) is 1.89. The standard InChI is InChI=1S/C10H23OPSi2/c1-13(2,3)9(14(4,5)6)12-10(11-12)7-8-10/h9H,7-8H2,1-6H3. The van der Waals surface area contributed by atoms with Gasteiger partial charge in [-0.05, 0) is 17.7 Å². The lowest BCUT2D eigenvalue weighted by atomic mass is 10.9. The first-order valence-corrected chi connectivity index (χ1v) is 14.1. The Labute approximate surface area is 91.5 Å². The molecule has 0 aromatic carbocycles. The van der Waals surface area contributed by atoms with Crippen LogP contribution in [-0.2, 0) is 4.52 Å². The van der Waals surface area contributed by atoms with E-state index in [1.54, 1.807) is 0 Å². The molecule has 0 amide bonds. The van der Waals surface area contributed by atoms with E-state index in [2.05, 4.69) is 39.3 Å². The van der Waals surface area contributed by atoms with Crippen molar-refractivity contribution in [2.24, 2.45) is 0 Å². The van der Waals surface area contributed by atoms with Crippen molar-refractivity contribution in [3.05, 3.63) is 0 Å². The molecule has 2 fully saturated rings. The van der Waals surface area contributed by atoms with Crippen LogP contribution in [0, 0.1) is 0 Å². The average Bonchev–Trinajstić information content (AvgIpc) is 2.70. The van der Waals surface area contributed by atoms with E-state index < -0.39 is 16.1 Å². The van der Waals surface area contributed by atoms with Crippen molar-refractivity contribution in [3.63, 3.8) is 0 Å². The molecule has 0 aromatic heterocycles. The van der Waals surface area contributed by atoms with Crippen LogP contribution in [0.15, 0.2) is 0 Å². The maximum Gasteiger partial charge on any atom is 0.116 e. The van der Waals surface area contributed by atoms with Gasteiger partial charge in [0, 0.05) is 0 Å². The summed E-state index contributed by atoms with van der Waals surface area (Å²) < 4.78 is 6.06. The van der Waals surface area contributed by atoms with Gasteiger partial charge in [0.1, 0.15) is 5.34 Å². The van der Waals surface area contributed by atoms with Gasteiger partial charge in [0.2, 0.25) is 0 Å². The lowest BCUT2D eigenvalue weighted by molar-refractivity contribution is 0.445. The highest BCUT2D eigenvalue weighted by Crippen LogP contribution is 2.85. The topological polar surface area (TPSA) is 12.5 Å². The Balaban J connectivity index is 2.16. The molecule has 0 aromatic rings. The van der Waals surface area contributed by atoms with Gasteiger partial charge in [-0.25, -0.2) is 0 Å². The van der Waals surface area contributed by atoms with E-state index in [0.29, 0.717) is 5.34 Å². The smallest absolute Gasteiger partial charge is 0.116 e. The summed E-state index contributed by atoms with van der Waals surface area (Å²) in [5, 5.41) is 0.487. The van der Waals surface area contributed by atoms with Crippen molar-refractivity contribution in [1.82, 2.24) is 0 Å². The molecule has 0 radical (unpaired) electrons. The summed E-state index contributed by atoms with van der Waals surface area (Å²) in [6.45, 7) is 15.2. The summed E-state index contributed by atoms with van der Waals surface area (Å²) in [5.74, 6) is 0. The third-order valence-corrected chi connectivity index (χ3v) is 19.9. The molecule has 0 N–H and O–H groups in total. The zero-order valence-electron chi connectivity index (χ0n) is 10.3. The highest BCUT2D eigenvalue weighted by atomic mass is 31.2. The highest BCUT2D eigenvalue weighted by Gasteiger charge is 2.71. The van der Waals surface area contributed by atoms with E-state index in [1.807, 2.05) is 0 Å². The first kappa shape index (κ1) is 11.3. The zero-order chi connectivity index (χ0) is 10.8. The van der Waals surface area contributed by atoms with Crippen molar-refractivity contribution in [2.45, 2.75) is 62.4 Å². The number of hydrogen-bond acceptors (Lipinski definition) is 1. The quantitative estimate of drug-likeness (QED) is 0.416. The Morgan fingerprint density at radius 1 is 1.00 bits per heavy atom. The Morgan fingerprint density at radius 2 is 1.43 bits per heavy atom. The van der Waals surface area contributed by atoms with Crippen LogP contribution >= 0.6 is 8.15 Å². The molecule has 2 rings (SSSR count). The van der Waals surface area contributed by atoms with Crippen molar-refractivity contribution in [2.75, 3.05) is 0 Å². The van der Waals surface area contributed by atoms with Gasteiger partial charge in [-0.3, -0.25) is 0 Å². The second-order valence-electron chi connectivity index (χ2n) is 7.00. The lowest BCUT2D eigenvalue weighted by Gasteiger charge is -2.37. The fourth-order valence-electron chi connectivity index (χ4n) is 2.87. The average molecular weight is 246 g/mol. The summed E-state index contributed by atoms with van der Waals surface area (Å²) in [6, 6.07) is 0. The maximum atomic E-state index is 6.06. The van der Waals surface area contributed by atoms with E-state index in [4.69, 9.17) is 4.52 Å². The second-order valence-corrected chi connectivity index (χ2v) is 21.3. The molecule has 1 saturated carbocycles. The predicted octanol–water partition coefficient (Wildman–Crippen LogP) is 4.03. The molecule has 1 aliphatic carbocycles. The molecule has 0 bridgehead atoms. The van der Waals surface area contributed by atoms with Crippen LogP contribution in [0.25, 0.3) is 0 Å². The molecule has 1 saturated heterocycles. The molecular formula is C10H23OPSi2. The van der Waals surface area contributed by atoms with Crippen LogP contribution in [0.3, 0.4) is 0 Å². The first-order valence-electron chi connectivity index (χ1n) is 5.65. The van der Waals surface area contributed by atoms with Crippen molar-refractivity contribution in [1.29, 1.82) is 0 Å². The molecule has 1 aliphatic heterocycles. The Morgan fingerprint density at radius 3 is 1.64 bits per heavy atom. The molecule has 2 aliphatic rings. The van der Waals surface area contributed by atoms with Crippen LogP contribution in [-0.4, -0.2) is 26.4 Å². The van der Waals surface area contributed by atoms with Crippen molar-refractivity contribution >= 4 is 24.3 Å². The Kier molecular flexibility index (Phi) is 2.37. The van der Waals surface area contributed by atoms with Crippen LogP contribution in [0.5, 0.6) is 0 Å². The molecule has 1 nitrogen and oxygen atoms in total. The van der Waals surface area contributed by atoms with Gasteiger partial charge in [-0.2, -0.15) is 0 Å². The van der Waals surface area contributed by atoms with Crippen LogP contribution < -0.4 is 0 Å². The van der Waals surface area contributed by atoms with Crippen molar-refractivity contribution < 1.29 is 4.52 Å². The van der Waals surface area contributed by atoms with Gasteiger partial charge < -0.3 is 4.52 Å². The molecule has 1 atom stereocenters. The van der Waals surface area contributed by atoms with Crippen molar-refractivity contribution in [3.8, 4) is 0 Å². The van der Waals surface area contributed by atoms with Crippen LogP contribution in [0.1, 0.15) is 12.8 Å². The van der Waals surface area contributed by atoms with E-state index in [1.165, 1.54) is 12.8 Å². The zero-order valence-corrected chi connectivity index (χ0v) is 13.2. The normalized spacial score (nSPS) is 29.8. The highest BCUT2D eigenvalue weighted by molar-refractivity contribution is 7.67. The lowest BCUT2D eigenvalue weighted by Crippen LogP contribution is -2.51. The van der Waals surface area contributed by atoms with E-state index in [9.17, 15) is 0 Å². The third-order valence-electron chi connectivity index (χ3n) is 3.19. The van der Waals surface area contributed by atoms with Crippen LogP contribution in [0.4, 0.5) is 0 Å². The molecular weight excluding hydrogens is 223 g/mol. The SMILES string of the molecule is C[Si](C)(C)C(P1OC12CC2)[Si](C)(C)C. The summed E-state index contributed by atoms with van der Waals surface area (Å²) in [6.07, 6.45) is 2.76. The minimum atomic E-state index is -1.01. The molecule has 82 valence electrons. The van der Waals surface area contributed by atoms with Gasteiger partial charge in [-0.1, -0.05) is 39.3 Å². The van der Waals surface area contributed by atoms with Gasteiger partial charge in [0.25, 0.3) is 0 Å². The number of hydrogen-bond donors (Lipinski definition) is 0. The monoisotopic (exact) mass is 246 g/mol. The van der Waals surface area contributed by atoms with Gasteiger partial charge in [0.05, 0.1) is 24.3 Å². The Hall–Kier alpha value is 0.824. The minimum absolute atomic E-state index is 0.00129. The summed E-state index contributed by atoms with van der Waals surface area (Å²) in [5.41, 5.74) is 0. The second kappa shape index (κ2) is 2.94. The predicted molar refractivity (Wildman–Crippen MR) is 70.5 cm³/mol. The fraction of sp³-hybridized carbons (Fsp3) is 1.00. The molecule has 1 spiro atoms. The largest absolute Gasteiger partial charge is 0.343 e. The summed E-state index contributed by atoms with van der Waals surface area (Å²) >= 11 is 0. The summed E-state index contributed by atoms with van der Waals surface area (Å²) in [7, 11) is -2.01. The number of rotatable bonds is 3. The van der Waals surface area contributed by atoms with Gasteiger partial charge in [0.15, 0.2) is 0 Å². The van der Waals surface area contributed by atoms with E-state index in [0.717, 1.165) is 4.91 Å². The van der Waals surface area contributed by atoms with Crippen LogP contribution in [0.2, 0.25) is 39.3 Å². The molecule has 1 unspecified atom stereocenters. The summed E-state index contributed by atoms with van der Waals surface area (Å²) in [4.78, 5) is 1.02. The molecule has 14 heavy (non-hydrogen) atoms. The molecule has 1 heterocycles. The van der Waals surface area contributed by atoms with Gasteiger partial charge in [-0.15, -0.1) is 0 Å². The minimum Gasteiger partial charge on any atom is -0.343 e.